The van der Waals surface area contributed by atoms with Gasteiger partial charge in [-0.05, 0) is 50.3 Å². The first-order valence-corrected chi connectivity index (χ1v) is 11.8. The molecule has 1 aromatic heterocycles. The van der Waals surface area contributed by atoms with Crippen LogP contribution < -0.4 is 10.1 Å². The molecule has 0 fully saturated rings. The highest BCUT2D eigenvalue weighted by Crippen LogP contribution is 2.26. The topological polar surface area (TPSA) is 128 Å². The monoisotopic (exact) mass is 459 g/mol. The molecule has 1 heterocycles. The van der Waals surface area contributed by atoms with Crippen LogP contribution in [0.1, 0.15) is 26.0 Å². The Morgan fingerprint density at radius 2 is 1.94 bits per heavy atom. The molecule has 1 unspecified atom stereocenters. The maximum absolute atomic E-state index is 12.8. The second kappa shape index (κ2) is 10.0. The van der Waals surface area contributed by atoms with E-state index in [1.54, 1.807) is 24.3 Å². The molecule has 2 N–H and O–H groups in total. The summed E-state index contributed by atoms with van der Waals surface area (Å²) in [5, 5.41) is 11.7. The van der Waals surface area contributed by atoms with E-state index < -0.39 is 15.7 Å². The van der Waals surface area contributed by atoms with Gasteiger partial charge in [-0.3, -0.25) is 9.78 Å². The number of sulfone groups is 1. The molecule has 0 bridgehead atoms. The number of carbonyl (C=O) groups is 1. The molecule has 0 radical (unpaired) electrons. The second-order valence-corrected chi connectivity index (χ2v) is 9.53. The highest BCUT2D eigenvalue weighted by atomic mass is 32.2. The van der Waals surface area contributed by atoms with Crippen LogP contribution >= 0.6 is 0 Å². The van der Waals surface area contributed by atoms with Crippen LogP contribution in [0.5, 0.6) is 5.75 Å². The lowest BCUT2D eigenvalue weighted by Gasteiger charge is -2.24. The van der Waals surface area contributed by atoms with Crippen LogP contribution in [-0.4, -0.2) is 47.9 Å². The van der Waals surface area contributed by atoms with E-state index in [0.29, 0.717) is 29.2 Å². The third kappa shape index (κ3) is 6.46. The number of amides is 1. The maximum Gasteiger partial charge on any atom is 0.256 e. The molecule has 10 heteroatoms. The van der Waals surface area contributed by atoms with Crippen molar-refractivity contribution in [2.75, 3.05) is 11.6 Å². The van der Waals surface area contributed by atoms with E-state index in [4.69, 9.17) is 14.6 Å². The van der Waals surface area contributed by atoms with Crippen molar-refractivity contribution >= 4 is 21.6 Å². The minimum absolute atomic E-state index is 0.0640. The quantitative estimate of drug-likeness (QED) is 0.616. The molecule has 32 heavy (non-hydrogen) atoms. The van der Waals surface area contributed by atoms with Crippen molar-refractivity contribution in [3.63, 3.8) is 0 Å². The average molecular weight is 460 g/mol. The van der Waals surface area contributed by atoms with E-state index in [2.05, 4.69) is 15.3 Å². The number of nitrogens with one attached hydrogen (secondary N) is 1. The Morgan fingerprint density at radius 1 is 1.22 bits per heavy atom. The van der Waals surface area contributed by atoms with E-state index in [1.165, 1.54) is 24.5 Å². The van der Waals surface area contributed by atoms with E-state index in [0.717, 1.165) is 6.26 Å². The van der Waals surface area contributed by atoms with Crippen LogP contribution in [0.4, 0.5) is 5.82 Å². The van der Waals surface area contributed by atoms with Gasteiger partial charge in [-0.1, -0.05) is 0 Å². The van der Waals surface area contributed by atoms with Crippen molar-refractivity contribution < 1.29 is 27.8 Å². The molecule has 2 aromatic rings. The first kappa shape index (κ1) is 23.6. The number of carbonyl (C=O) groups excluding carboxylic acids is 1. The Morgan fingerprint density at radius 3 is 2.50 bits per heavy atom. The Balaban J connectivity index is 1.79. The SMILES string of the molecule is CC(C)OC1C=C(C(=O)Nc2cnc(CO)cn2)C=C(Oc2ccc(S(C)(=O)=O)cc2)C1. The minimum atomic E-state index is -3.31. The van der Waals surface area contributed by atoms with Gasteiger partial charge in [-0.15, -0.1) is 0 Å². The summed E-state index contributed by atoms with van der Waals surface area (Å²) in [6, 6.07) is 6.06. The summed E-state index contributed by atoms with van der Waals surface area (Å²) in [6.07, 6.45) is 7.16. The zero-order valence-corrected chi connectivity index (χ0v) is 18.8. The number of aromatic nitrogens is 2. The van der Waals surface area contributed by atoms with Crippen molar-refractivity contribution in [3.8, 4) is 5.75 Å². The first-order chi connectivity index (χ1) is 15.1. The molecule has 0 aliphatic heterocycles. The number of benzene rings is 1. The van der Waals surface area contributed by atoms with Gasteiger partial charge in [0.2, 0.25) is 0 Å². The van der Waals surface area contributed by atoms with Crippen molar-refractivity contribution in [3.05, 3.63) is 65.8 Å². The van der Waals surface area contributed by atoms with Gasteiger partial charge in [-0.25, -0.2) is 13.4 Å². The van der Waals surface area contributed by atoms with Crippen molar-refractivity contribution in [1.29, 1.82) is 0 Å². The Labute approximate surface area is 186 Å². The molecule has 0 saturated heterocycles. The predicted octanol–water partition coefficient (Wildman–Crippen LogP) is 2.40. The molecule has 9 nitrogen and oxygen atoms in total. The van der Waals surface area contributed by atoms with Gasteiger partial charge in [-0.2, -0.15) is 0 Å². The van der Waals surface area contributed by atoms with Gasteiger partial charge in [0, 0.05) is 18.2 Å². The second-order valence-electron chi connectivity index (χ2n) is 7.51. The first-order valence-electron chi connectivity index (χ1n) is 9.93. The number of nitrogens with zero attached hydrogens (tertiary/aromatic N) is 2. The summed E-state index contributed by atoms with van der Waals surface area (Å²) in [5.41, 5.74) is 0.723. The fraction of sp³-hybridized carbons (Fsp3) is 0.318. The number of anilines is 1. The molecule has 1 aromatic carbocycles. The van der Waals surface area contributed by atoms with Crippen LogP contribution in [0, 0.1) is 0 Å². The molecule has 0 saturated carbocycles. The molecular formula is C22H25N3O6S. The van der Waals surface area contributed by atoms with Gasteiger partial charge < -0.3 is 19.9 Å². The summed E-state index contributed by atoms with van der Waals surface area (Å²) in [7, 11) is -3.31. The summed E-state index contributed by atoms with van der Waals surface area (Å²) in [5.74, 6) is 0.769. The van der Waals surface area contributed by atoms with Gasteiger partial charge in [0.05, 0.1) is 41.8 Å². The highest BCUT2D eigenvalue weighted by molar-refractivity contribution is 7.90. The van der Waals surface area contributed by atoms with Crippen molar-refractivity contribution in [1.82, 2.24) is 9.97 Å². The van der Waals surface area contributed by atoms with Gasteiger partial charge in [0.15, 0.2) is 15.7 Å². The van der Waals surface area contributed by atoms with Crippen LogP contribution in [0.25, 0.3) is 0 Å². The summed E-state index contributed by atoms with van der Waals surface area (Å²) >= 11 is 0. The summed E-state index contributed by atoms with van der Waals surface area (Å²) in [4.78, 5) is 21.0. The lowest BCUT2D eigenvalue weighted by atomic mass is 10.0. The predicted molar refractivity (Wildman–Crippen MR) is 118 cm³/mol. The standard InChI is InChI=1S/C22H25N3O6S/c1-14(2)30-18-8-15(22(27)25-21-12-23-16(13-26)11-24-21)9-19(10-18)31-17-4-6-20(7-5-17)32(3,28)29/h4-9,11-12,14,18,26H,10,13H2,1-3H3,(H,24,25,27). The highest BCUT2D eigenvalue weighted by Gasteiger charge is 2.22. The molecule has 0 spiro atoms. The van der Waals surface area contributed by atoms with Crippen LogP contribution in [-0.2, 0) is 26.0 Å². The van der Waals surface area contributed by atoms with E-state index in [9.17, 15) is 13.2 Å². The normalized spacial score (nSPS) is 16.3. The summed E-state index contributed by atoms with van der Waals surface area (Å²) < 4.78 is 35.1. The van der Waals surface area contributed by atoms with E-state index in [1.807, 2.05) is 13.8 Å². The zero-order chi connectivity index (χ0) is 23.3. The summed E-state index contributed by atoms with van der Waals surface area (Å²) in [6.45, 7) is 3.55. The fourth-order valence-electron chi connectivity index (χ4n) is 2.98. The van der Waals surface area contributed by atoms with Crippen molar-refractivity contribution in [2.24, 2.45) is 0 Å². The molecule has 1 aliphatic rings. The fourth-order valence-corrected chi connectivity index (χ4v) is 3.61. The third-order valence-electron chi connectivity index (χ3n) is 4.40. The average Bonchev–Trinajstić information content (AvgIpc) is 2.73. The Hall–Kier alpha value is -3.08. The van der Waals surface area contributed by atoms with Crippen LogP contribution in [0.3, 0.4) is 0 Å². The van der Waals surface area contributed by atoms with Crippen LogP contribution in [0.2, 0.25) is 0 Å². The number of aliphatic hydroxyl groups excluding tert-OH is 1. The van der Waals surface area contributed by atoms with E-state index in [-0.39, 0.29) is 29.5 Å². The third-order valence-corrected chi connectivity index (χ3v) is 5.53. The molecule has 1 amide bonds. The van der Waals surface area contributed by atoms with Gasteiger partial charge in [0.1, 0.15) is 11.5 Å². The van der Waals surface area contributed by atoms with Crippen molar-refractivity contribution in [2.45, 2.75) is 44.0 Å². The lowest BCUT2D eigenvalue weighted by molar-refractivity contribution is -0.112. The molecular weight excluding hydrogens is 434 g/mol. The van der Waals surface area contributed by atoms with Gasteiger partial charge in [0.25, 0.3) is 5.91 Å². The molecule has 3 rings (SSSR count). The lowest BCUT2D eigenvalue weighted by Crippen LogP contribution is -2.24. The van der Waals surface area contributed by atoms with Gasteiger partial charge >= 0.3 is 0 Å². The van der Waals surface area contributed by atoms with Crippen LogP contribution in [0.15, 0.2) is 65.0 Å². The molecule has 170 valence electrons. The Kier molecular flexibility index (Phi) is 7.39. The molecule has 1 atom stereocenters. The Bertz CT molecular complexity index is 1120. The number of rotatable bonds is 8. The number of hydrogen-bond acceptors (Lipinski definition) is 8. The maximum atomic E-state index is 12.8. The number of aliphatic hydroxyl groups is 1. The minimum Gasteiger partial charge on any atom is -0.462 e. The number of hydrogen-bond donors (Lipinski definition) is 2. The molecule has 1 aliphatic carbocycles. The van der Waals surface area contributed by atoms with E-state index >= 15 is 0 Å². The largest absolute Gasteiger partial charge is 0.462 e. The number of ether oxygens (including phenoxy) is 2. The smallest absolute Gasteiger partial charge is 0.256 e. The zero-order valence-electron chi connectivity index (χ0n) is 18.0.